The summed E-state index contributed by atoms with van der Waals surface area (Å²) in [5.41, 5.74) is 1.09. The van der Waals surface area contributed by atoms with Gasteiger partial charge in [-0.3, -0.25) is 9.69 Å². The van der Waals surface area contributed by atoms with Gasteiger partial charge in [0, 0.05) is 52.1 Å². The molecule has 0 radical (unpaired) electrons. The van der Waals surface area contributed by atoms with E-state index in [-0.39, 0.29) is 17.6 Å². The molecule has 0 saturated carbocycles. The average molecular weight is 332 g/mol. The van der Waals surface area contributed by atoms with Crippen molar-refractivity contribution in [3.63, 3.8) is 0 Å². The van der Waals surface area contributed by atoms with E-state index < -0.39 is 0 Å². The molecule has 1 N–H and O–H groups in total. The number of rotatable bonds is 5. The fourth-order valence-corrected chi connectivity index (χ4v) is 3.56. The van der Waals surface area contributed by atoms with Crippen LogP contribution in [0.3, 0.4) is 0 Å². The summed E-state index contributed by atoms with van der Waals surface area (Å²) in [6, 6.07) is 10.1. The largest absolute Gasteiger partial charge is 0.381 e. The number of benzene rings is 1. The number of hydrogen-bond donors (Lipinski definition) is 1. The second-order valence-corrected chi connectivity index (χ2v) is 6.87. The number of ether oxygens (including phenoxy) is 2. The molecule has 1 aromatic carbocycles. The van der Waals surface area contributed by atoms with Gasteiger partial charge in [0.05, 0.1) is 18.2 Å². The smallest absolute Gasteiger partial charge is 0.221 e. The molecule has 3 rings (SSSR count). The first-order valence-electron chi connectivity index (χ1n) is 8.95. The minimum absolute atomic E-state index is 0.0465. The van der Waals surface area contributed by atoms with Crippen LogP contribution in [0.15, 0.2) is 30.3 Å². The second-order valence-electron chi connectivity index (χ2n) is 6.87. The van der Waals surface area contributed by atoms with E-state index in [1.54, 1.807) is 0 Å². The Morgan fingerprint density at radius 2 is 2.00 bits per heavy atom. The van der Waals surface area contributed by atoms with Crippen molar-refractivity contribution < 1.29 is 14.3 Å². The Bertz CT molecular complexity index is 523. The molecule has 132 valence electrons. The van der Waals surface area contributed by atoms with E-state index in [0.717, 1.165) is 57.9 Å². The van der Waals surface area contributed by atoms with E-state index in [4.69, 9.17) is 9.47 Å². The first kappa shape index (κ1) is 17.4. The van der Waals surface area contributed by atoms with Gasteiger partial charge in [-0.05, 0) is 12.5 Å². The number of nitrogens with one attached hydrogen (secondary N) is 1. The maximum Gasteiger partial charge on any atom is 0.221 e. The highest BCUT2D eigenvalue weighted by atomic mass is 16.5. The van der Waals surface area contributed by atoms with Gasteiger partial charge < -0.3 is 14.8 Å². The zero-order valence-corrected chi connectivity index (χ0v) is 14.5. The molecule has 5 nitrogen and oxygen atoms in total. The van der Waals surface area contributed by atoms with Gasteiger partial charge in [-0.25, -0.2) is 0 Å². The number of carbonyl (C=O) groups excluding carboxylic acids is 1. The van der Waals surface area contributed by atoms with Crippen LogP contribution < -0.4 is 5.32 Å². The van der Waals surface area contributed by atoms with Gasteiger partial charge in [0.15, 0.2) is 0 Å². The van der Waals surface area contributed by atoms with E-state index in [9.17, 15) is 4.79 Å². The number of amides is 1. The van der Waals surface area contributed by atoms with Gasteiger partial charge in [0.1, 0.15) is 0 Å². The highest BCUT2D eigenvalue weighted by Gasteiger charge is 2.38. The SMILES string of the molecule is CC(NC(=O)CCN1CCOC2(CCOCC2)C1)c1ccccc1. The van der Waals surface area contributed by atoms with Crippen LogP contribution in [0.4, 0.5) is 0 Å². The van der Waals surface area contributed by atoms with Gasteiger partial charge >= 0.3 is 0 Å². The molecule has 1 spiro atoms. The quantitative estimate of drug-likeness (QED) is 0.897. The fraction of sp³-hybridized carbons (Fsp3) is 0.632. The summed E-state index contributed by atoms with van der Waals surface area (Å²) in [6.45, 7) is 6.95. The topological polar surface area (TPSA) is 50.8 Å². The van der Waals surface area contributed by atoms with Crippen LogP contribution in [0, 0.1) is 0 Å². The summed E-state index contributed by atoms with van der Waals surface area (Å²) >= 11 is 0. The Morgan fingerprint density at radius 3 is 2.75 bits per heavy atom. The number of carbonyl (C=O) groups is 1. The van der Waals surface area contributed by atoms with Crippen molar-refractivity contribution in [1.82, 2.24) is 10.2 Å². The normalized spacial score (nSPS) is 22.2. The van der Waals surface area contributed by atoms with Crippen molar-refractivity contribution in [3.05, 3.63) is 35.9 Å². The molecule has 1 amide bonds. The standard InChI is InChI=1S/C19H28N2O3/c1-16(17-5-3-2-4-6-17)20-18(22)7-10-21-11-14-24-19(15-21)8-12-23-13-9-19/h2-6,16H,7-15H2,1H3,(H,20,22). The zero-order chi connectivity index (χ0) is 16.8. The molecule has 2 heterocycles. The minimum Gasteiger partial charge on any atom is -0.381 e. The zero-order valence-electron chi connectivity index (χ0n) is 14.5. The van der Waals surface area contributed by atoms with Crippen LogP contribution in [0.1, 0.15) is 37.8 Å². The Kier molecular flexibility index (Phi) is 5.87. The van der Waals surface area contributed by atoms with Crippen LogP contribution in [0.2, 0.25) is 0 Å². The Balaban J connectivity index is 1.44. The maximum absolute atomic E-state index is 12.2. The molecule has 2 aliphatic rings. The van der Waals surface area contributed by atoms with E-state index >= 15 is 0 Å². The molecule has 0 aliphatic carbocycles. The lowest BCUT2D eigenvalue weighted by Gasteiger charge is -2.44. The summed E-state index contributed by atoms with van der Waals surface area (Å²) < 4.78 is 11.5. The summed E-state index contributed by atoms with van der Waals surface area (Å²) in [5.74, 6) is 0.110. The first-order chi connectivity index (χ1) is 11.7. The van der Waals surface area contributed by atoms with Crippen LogP contribution in [0.5, 0.6) is 0 Å². The number of hydrogen-bond acceptors (Lipinski definition) is 4. The lowest BCUT2D eigenvalue weighted by atomic mass is 9.92. The van der Waals surface area contributed by atoms with Crippen LogP contribution in [0.25, 0.3) is 0 Å². The van der Waals surface area contributed by atoms with E-state index in [1.165, 1.54) is 0 Å². The van der Waals surface area contributed by atoms with Crippen LogP contribution in [-0.4, -0.2) is 55.9 Å². The van der Waals surface area contributed by atoms with Crippen molar-refractivity contribution in [2.45, 2.75) is 37.8 Å². The van der Waals surface area contributed by atoms with Crippen LogP contribution >= 0.6 is 0 Å². The Labute approximate surface area is 144 Å². The predicted molar refractivity (Wildman–Crippen MR) is 92.8 cm³/mol. The summed E-state index contributed by atoms with van der Waals surface area (Å²) in [7, 11) is 0. The van der Waals surface area contributed by atoms with Gasteiger partial charge in [0.25, 0.3) is 0 Å². The summed E-state index contributed by atoms with van der Waals surface area (Å²) in [6.07, 6.45) is 2.45. The first-order valence-corrected chi connectivity index (χ1v) is 8.95. The summed E-state index contributed by atoms with van der Waals surface area (Å²) in [5, 5.41) is 3.09. The van der Waals surface area contributed by atoms with Crippen molar-refractivity contribution in [2.75, 3.05) is 39.5 Å². The van der Waals surface area contributed by atoms with Crippen molar-refractivity contribution in [3.8, 4) is 0 Å². The lowest BCUT2D eigenvalue weighted by molar-refractivity contribution is -0.154. The van der Waals surface area contributed by atoms with Crippen molar-refractivity contribution >= 4 is 5.91 Å². The van der Waals surface area contributed by atoms with Gasteiger partial charge in [0.2, 0.25) is 5.91 Å². The predicted octanol–water partition coefficient (Wildman–Crippen LogP) is 2.14. The monoisotopic (exact) mass is 332 g/mol. The third-order valence-electron chi connectivity index (χ3n) is 5.06. The van der Waals surface area contributed by atoms with E-state index in [2.05, 4.69) is 10.2 Å². The minimum atomic E-state index is -0.0513. The Hall–Kier alpha value is -1.43. The highest BCUT2D eigenvalue weighted by molar-refractivity contribution is 5.76. The molecular weight excluding hydrogens is 304 g/mol. The molecule has 1 unspecified atom stereocenters. The summed E-state index contributed by atoms with van der Waals surface area (Å²) in [4.78, 5) is 14.6. The van der Waals surface area contributed by atoms with Crippen LogP contribution in [-0.2, 0) is 14.3 Å². The molecule has 2 fully saturated rings. The molecule has 0 aromatic heterocycles. The molecule has 2 saturated heterocycles. The molecule has 1 atom stereocenters. The molecular formula is C19H28N2O3. The van der Waals surface area contributed by atoms with E-state index in [1.807, 2.05) is 37.3 Å². The molecule has 1 aromatic rings. The van der Waals surface area contributed by atoms with Gasteiger partial charge in [-0.2, -0.15) is 0 Å². The molecule has 5 heteroatoms. The molecule has 24 heavy (non-hydrogen) atoms. The molecule has 2 aliphatic heterocycles. The second kappa shape index (κ2) is 8.10. The molecule has 0 bridgehead atoms. The number of morpholine rings is 1. The van der Waals surface area contributed by atoms with Crippen molar-refractivity contribution in [1.29, 1.82) is 0 Å². The highest BCUT2D eigenvalue weighted by Crippen LogP contribution is 2.29. The lowest BCUT2D eigenvalue weighted by Crippen LogP contribution is -2.54. The average Bonchev–Trinajstić information content (AvgIpc) is 2.61. The van der Waals surface area contributed by atoms with Gasteiger partial charge in [-0.1, -0.05) is 30.3 Å². The fourth-order valence-electron chi connectivity index (χ4n) is 3.56. The third kappa shape index (κ3) is 4.56. The van der Waals surface area contributed by atoms with E-state index in [0.29, 0.717) is 6.42 Å². The van der Waals surface area contributed by atoms with Crippen molar-refractivity contribution in [2.24, 2.45) is 0 Å². The maximum atomic E-state index is 12.2. The third-order valence-corrected chi connectivity index (χ3v) is 5.06. The number of nitrogens with zero attached hydrogens (tertiary/aromatic N) is 1. The van der Waals surface area contributed by atoms with Gasteiger partial charge in [-0.15, -0.1) is 0 Å². The Morgan fingerprint density at radius 1 is 1.25 bits per heavy atom.